The standard InChI is InChI=1S/C14H15F4N3O2S/c1-23-4-5-24-14(17,18)13(22,7-21-9-19-8-20-21)11-3-2-10(15)6-12(11)16/h2-3,6,8-9,22H,4-5,7H2,1H3. The van der Waals surface area contributed by atoms with Crippen LogP contribution in [0.4, 0.5) is 17.6 Å². The lowest BCUT2D eigenvalue weighted by molar-refractivity contribution is -0.139. The molecule has 2 rings (SSSR count). The summed E-state index contributed by atoms with van der Waals surface area (Å²) in [5.41, 5.74) is -3.69. The van der Waals surface area contributed by atoms with E-state index in [0.717, 1.165) is 29.5 Å². The van der Waals surface area contributed by atoms with Crippen LogP contribution >= 0.6 is 11.8 Å². The van der Waals surface area contributed by atoms with Gasteiger partial charge in [0.25, 0.3) is 0 Å². The molecular formula is C14H15F4N3O2S. The molecule has 0 amide bonds. The molecule has 132 valence electrons. The van der Waals surface area contributed by atoms with Crippen molar-refractivity contribution < 1.29 is 27.4 Å². The quantitative estimate of drug-likeness (QED) is 0.575. The molecule has 2 aromatic rings. The number of nitrogens with zero attached hydrogens (tertiary/aromatic N) is 3. The number of thioether (sulfide) groups is 1. The van der Waals surface area contributed by atoms with Crippen LogP contribution in [0.1, 0.15) is 5.56 Å². The van der Waals surface area contributed by atoms with Crippen molar-refractivity contribution in [2.75, 3.05) is 19.5 Å². The van der Waals surface area contributed by atoms with Gasteiger partial charge in [-0.1, -0.05) is 11.8 Å². The Morgan fingerprint density at radius 1 is 1.33 bits per heavy atom. The number of ether oxygens (including phenoxy) is 1. The van der Waals surface area contributed by atoms with E-state index in [1.165, 1.54) is 7.11 Å². The third-order valence-electron chi connectivity index (χ3n) is 3.29. The van der Waals surface area contributed by atoms with Gasteiger partial charge in [-0.05, 0) is 12.1 Å². The Morgan fingerprint density at radius 3 is 2.67 bits per heavy atom. The van der Waals surface area contributed by atoms with Crippen molar-refractivity contribution in [3.05, 3.63) is 48.1 Å². The van der Waals surface area contributed by atoms with Crippen LogP contribution in [-0.2, 0) is 16.9 Å². The van der Waals surface area contributed by atoms with Crippen molar-refractivity contribution in [1.29, 1.82) is 0 Å². The second-order valence-corrected chi connectivity index (χ2v) is 6.15. The van der Waals surface area contributed by atoms with Crippen molar-refractivity contribution >= 4 is 11.8 Å². The fourth-order valence-corrected chi connectivity index (χ4v) is 3.00. The Bertz CT molecular complexity index is 672. The summed E-state index contributed by atoms with van der Waals surface area (Å²) in [6.45, 7) is -0.742. The van der Waals surface area contributed by atoms with Gasteiger partial charge in [-0.25, -0.2) is 18.4 Å². The molecule has 0 fully saturated rings. The molecule has 0 bridgehead atoms. The average molecular weight is 365 g/mol. The molecule has 0 radical (unpaired) electrons. The second kappa shape index (κ2) is 7.49. The lowest BCUT2D eigenvalue weighted by Crippen LogP contribution is -2.47. The molecule has 0 spiro atoms. The fraction of sp³-hybridized carbons (Fsp3) is 0.429. The second-order valence-electron chi connectivity index (χ2n) is 4.94. The van der Waals surface area contributed by atoms with E-state index in [4.69, 9.17) is 4.74 Å². The lowest BCUT2D eigenvalue weighted by Gasteiger charge is -2.35. The first-order chi connectivity index (χ1) is 11.3. The normalized spacial score (nSPS) is 14.6. The summed E-state index contributed by atoms with van der Waals surface area (Å²) in [6, 6.07) is 2.05. The number of alkyl halides is 2. The van der Waals surface area contributed by atoms with Gasteiger partial charge in [-0.2, -0.15) is 13.9 Å². The van der Waals surface area contributed by atoms with Gasteiger partial charge in [0.15, 0.2) is 5.60 Å². The van der Waals surface area contributed by atoms with Crippen molar-refractivity contribution in [1.82, 2.24) is 14.8 Å². The summed E-state index contributed by atoms with van der Waals surface area (Å²) in [6.07, 6.45) is 2.21. The number of hydrogen-bond acceptors (Lipinski definition) is 5. The number of hydrogen-bond donors (Lipinski definition) is 1. The van der Waals surface area contributed by atoms with Gasteiger partial charge in [0.05, 0.1) is 13.2 Å². The van der Waals surface area contributed by atoms with E-state index in [2.05, 4.69) is 10.1 Å². The Balaban J connectivity index is 2.43. The Labute approximate surface area is 139 Å². The fourth-order valence-electron chi connectivity index (χ4n) is 2.08. The molecule has 10 heteroatoms. The smallest absolute Gasteiger partial charge is 0.328 e. The molecule has 0 saturated carbocycles. The highest BCUT2D eigenvalue weighted by Gasteiger charge is 2.56. The van der Waals surface area contributed by atoms with Gasteiger partial charge in [-0.3, -0.25) is 0 Å². The van der Waals surface area contributed by atoms with E-state index in [1.807, 2.05) is 0 Å². The highest BCUT2D eigenvalue weighted by Crippen LogP contribution is 2.47. The minimum absolute atomic E-state index is 0.0194. The molecule has 1 unspecified atom stereocenters. The SMILES string of the molecule is COCCSC(F)(F)C(O)(Cn1cncn1)c1ccc(F)cc1F. The van der Waals surface area contributed by atoms with Crippen molar-refractivity contribution in [3.8, 4) is 0 Å². The summed E-state index contributed by atoms with van der Waals surface area (Å²) in [4.78, 5) is 3.61. The van der Waals surface area contributed by atoms with Crippen LogP contribution in [-0.4, -0.2) is 44.6 Å². The number of methoxy groups -OCH3 is 1. The van der Waals surface area contributed by atoms with Crippen LogP contribution < -0.4 is 0 Å². The molecule has 0 aliphatic rings. The summed E-state index contributed by atoms with van der Waals surface area (Å²) in [5, 5.41) is 10.6. The van der Waals surface area contributed by atoms with Crippen LogP contribution in [0.25, 0.3) is 0 Å². The highest BCUT2D eigenvalue weighted by molar-refractivity contribution is 8.00. The maximum atomic E-state index is 14.7. The first kappa shape index (κ1) is 18.7. The highest BCUT2D eigenvalue weighted by atomic mass is 32.2. The lowest BCUT2D eigenvalue weighted by atomic mass is 9.93. The third kappa shape index (κ3) is 3.87. The van der Waals surface area contributed by atoms with Gasteiger partial charge >= 0.3 is 5.25 Å². The molecule has 1 aromatic carbocycles. The Hall–Kier alpha value is -1.65. The summed E-state index contributed by atoms with van der Waals surface area (Å²) in [5.74, 6) is -2.34. The van der Waals surface area contributed by atoms with Crippen LogP contribution in [0.2, 0.25) is 0 Å². The summed E-state index contributed by atoms with van der Waals surface area (Å²) in [7, 11) is 1.35. The van der Waals surface area contributed by atoms with E-state index in [9.17, 15) is 22.7 Å². The van der Waals surface area contributed by atoms with Crippen LogP contribution in [0.3, 0.4) is 0 Å². The number of benzene rings is 1. The van der Waals surface area contributed by atoms with Gasteiger partial charge in [0, 0.05) is 24.5 Å². The van der Waals surface area contributed by atoms with Crippen LogP contribution in [0, 0.1) is 11.6 Å². The van der Waals surface area contributed by atoms with Gasteiger partial charge in [0.2, 0.25) is 0 Å². The summed E-state index contributed by atoms with van der Waals surface area (Å²) < 4.78 is 62.2. The molecule has 0 aliphatic heterocycles. The van der Waals surface area contributed by atoms with Gasteiger partial charge in [-0.15, -0.1) is 0 Å². The zero-order chi connectivity index (χ0) is 17.8. The number of aliphatic hydroxyl groups is 1. The number of halogens is 4. The third-order valence-corrected chi connectivity index (χ3v) is 4.36. The molecule has 1 heterocycles. The van der Waals surface area contributed by atoms with Gasteiger partial charge < -0.3 is 9.84 Å². The van der Waals surface area contributed by atoms with Crippen molar-refractivity contribution in [2.45, 2.75) is 17.4 Å². The van der Waals surface area contributed by atoms with E-state index < -0.39 is 34.6 Å². The minimum Gasteiger partial charge on any atom is -0.384 e. The van der Waals surface area contributed by atoms with E-state index in [0.29, 0.717) is 6.07 Å². The largest absolute Gasteiger partial charge is 0.384 e. The maximum absolute atomic E-state index is 14.7. The Morgan fingerprint density at radius 2 is 2.08 bits per heavy atom. The molecule has 24 heavy (non-hydrogen) atoms. The molecule has 1 atom stereocenters. The zero-order valence-electron chi connectivity index (χ0n) is 12.6. The first-order valence-corrected chi connectivity index (χ1v) is 7.80. The molecule has 0 saturated heterocycles. The minimum atomic E-state index is -3.80. The molecule has 1 aromatic heterocycles. The molecule has 5 nitrogen and oxygen atoms in total. The van der Waals surface area contributed by atoms with E-state index in [-0.39, 0.29) is 24.1 Å². The topological polar surface area (TPSA) is 60.2 Å². The molecular weight excluding hydrogens is 350 g/mol. The maximum Gasteiger partial charge on any atom is 0.328 e. The van der Waals surface area contributed by atoms with Crippen LogP contribution in [0.5, 0.6) is 0 Å². The Kier molecular flexibility index (Phi) is 5.83. The van der Waals surface area contributed by atoms with Gasteiger partial charge in [0.1, 0.15) is 24.3 Å². The number of rotatable bonds is 8. The average Bonchev–Trinajstić information content (AvgIpc) is 2.99. The van der Waals surface area contributed by atoms with Crippen LogP contribution in [0.15, 0.2) is 30.9 Å². The number of aromatic nitrogens is 3. The monoisotopic (exact) mass is 365 g/mol. The predicted octanol–water partition coefficient (Wildman–Crippen LogP) is 2.42. The van der Waals surface area contributed by atoms with Crippen molar-refractivity contribution in [3.63, 3.8) is 0 Å². The molecule has 1 N–H and O–H groups in total. The van der Waals surface area contributed by atoms with E-state index in [1.54, 1.807) is 0 Å². The predicted molar refractivity (Wildman–Crippen MR) is 79.6 cm³/mol. The molecule has 0 aliphatic carbocycles. The van der Waals surface area contributed by atoms with E-state index >= 15 is 0 Å². The zero-order valence-corrected chi connectivity index (χ0v) is 13.4. The summed E-state index contributed by atoms with van der Waals surface area (Å²) >= 11 is 0.110. The first-order valence-electron chi connectivity index (χ1n) is 6.81. The van der Waals surface area contributed by atoms with Crippen molar-refractivity contribution in [2.24, 2.45) is 0 Å².